The van der Waals surface area contributed by atoms with Crippen LogP contribution < -0.4 is 10.9 Å². The number of hydrogen-bond acceptors (Lipinski definition) is 4. The average Bonchev–Trinajstić information content (AvgIpc) is 2.14. The lowest BCUT2D eigenvalue weighted by atomic mass is 10.1. The lowest BCUT2D eigenvalue weighted by Gasteiger charge is -2.22. The Hall–Kier alpha value is -1.85. The van der Waals surface area contributed by atoms with Crippen LogP contribution in [0.1, 0.15) is 20.8 Å². The van der Waals surface area contributed by atoms with Crippen LogP contribution in [0.15, 0.2) is 17.2 Å². The van der Waals surface area contributed by atoms with Gasteiger partial charge in [-0.3, -0.25) is 9.59 Å². The van der Waals surface area contributed by atoms with Crippen LogP contribution in [0.25, 0.3) is 0 Å². The zero-order valence-corrected chi connectivity index (χ0v) is 9.52. The summed E-state index contributed by atoms with van der Waals surface area (Å²) in [6.45, 7) is 5.33. The lowest BCUT2D eigenvalue weighted by Crippen LogP contribution is -2.35. The highest BCUT2D eigenvalue weighted by Gasteiger charge is 2.16. The van der Waals surface area contributed by atoms with E-state index >= 15 is 0 Å². The van der Waals surface area contributed by atoms with Crippen molar-refractivity contribution in [1.82, 2.24) is 9.55 Å². The van der Waals surface area contributed by atoms with Gasteiger partial charge in [-0.2, -0.15) is 0 Å². The molecule has 0 saturated heterocycles. The molecular formula is C10H15N3O3. The van der Waals surface area contributed by atoms with Crippen molar-refractivity contribution >= 4 is 11.8 Å². The van der Waals surface area contributed by atoms with Gasteiger partial charge in [-0.1, -0.05) is 0 Å². The van der Waals surface area contributed by atoms with Crippen LogP contribution in [0.2, 0.25) is 0 Å². The Bertz CT molecular complexity index is 445. The molecule has 0 radical (unpaired) electrons. The zero-order valence-electron chi connectivity index (χ0n) is 9.52. The van der Waals surface area contributed by atoms with Crippen LogP contribution >= 0.6 is 0 Å². The van der Waals surface area contributed by atoms with E-state index in [2.05, 4.69) is 10.3 Å². The number of anilines is 1. The number of hydrogen-bond donors (Lipinski definition) is 2. The highest BCUT2D eigenvalue weighted by Crippen LogP contribution is 2.10. The van der Waals surface area contributed by atoms with E-state index in [1.807, 2.05) is 20.8 Å². The number of carbonyl (C=O) groups is 1. The molecular weight excluding hydrogens is 210 g/mol. The van der Waals surface area contributed by atoms with E-state index in [4.69, 9.17) is 5.11 Å². The molecule has 0 atom stereocenters. The van der Waals surface area contributed by atoms with E-state index in [1.54, 1.807) is 6.20 Å². The van der Waals surface area contributed by atoms with Gasteiger partial charge in [-0.15, -0.1) is 0 Å². The third-order valence-electron chi connectivity index (χ3n) is 1.97. The quantitative estimate of drug-likeness (QED) is 0.782. The molecule has 0 aliphatic heterocycles. The molecule has 88 valence electrons. The summed E-state index contributed by atoms with van der Waals surface area (Å²) in [5.41, 5.74) is -0.684. The Balaban J connectivity index is 3.05. The number of carboxylic acids is 1. The molecule has 1 aromatic rings. The average molecular weight is 225 g/mol. The molecule has 0 fully saturated rings. The summed E-state index contributed by atoms with van der Waals surface area (Å²) in [5, 5.41) is 11.0. The molecule has 0 amide bonds. The smallest absolute Gasteiger partial charge is 0.322 e. The fourth-order valence-electron chi connectivity index (χ4n) is 1.22. The van der Waals surface area contributed by atoms with E-state index in [0.29, 0.717) is 0 Å². The van der Waals surface area contributed by atoms with Gasteiger partial charge in [0.1, 0.15) is 6.54 Å². The van der Waals surface area contributed by atoms with Crippen molar-refractivity contribution in [2.24, 2.45) is 0 Å². The molecule has 0 aromatic carbocycles. The summed E-state index contributed by atoms with van der Waals surface area (Å²) in [7, 11) is 0. The fraction of sp³-hybridized carbons (Fsp3) is 0.500. The third kappa shape index (κ3) is 2.82. The fourth-order valence-corrected chi connectivity index (χ4v) is 1.22. The van der Waals surface area contributed by atoms with E-state index in [1.165, 1.54) is 10.8 Å². The zero-order chi connectivity index (χ0) is 12.3. The van der Waals surface area contributed by atoms with Crippen molar-refractivity contribution in [3.05, 3.63) is 22.7 Å². The molecule has 6 heteroatoms. The minimum absolute atomic E-state index is 0.0554. The van der Waals surface area contributed by atoms with Gasteiger partial charge in [-0.25, -0.2) is 4.98 Å². The summed E-state index contributed by atoms with van der Waals surface area (Å²) in [6, 6.07) is 0. The van der Waals surface area contributed by atoms with Gasteiger partial charge in [0, 0.05) is 17.9 Å². The molecule has 1 aromatic heterocycles. The minimum Gasteiger partial charge on any atom is -0.480 e. The van der Waals surface area contributed by atoms with Crippen molar-refractivity contribution in [2.75, 3.05) is 11.9 Å². The maximum Gasteiger partial charge on any atom is 0.322 e. The van der Waals surface area contributed by atoms with E-state index < -0.39 is 5.97 Å². The van der Waals surface area contributed by atoms with Gasteiger partial charge >= 0.3 is 5.97 Å². The highest BCUT2D eigenvalue weighted by molar-refractivity contribution is 5.72. The summed E-state index contributed by atoms with van der Waals surface area (Å²) < 4.78 is 1.50. The van der Waals surface area contributed by atoms with Crippen molar-refractivity contribution < 1.29 is 9.90 Å². The molecule has 16 heavy (non-hydrogen) atoms. The van der Waals surface area contributed by atoms with Gasteiger partial charge in [-0.05, 0) is 20.8 Å². The highest BCUT2D eigenvalue weighted by atomic mass is 16.4. The SMILES string of the molecule is CC(C)(C)n1ccnc(NCC(=O)O)c1=O. The number of carboxylic acid groups (broad SMARTS) is 1. The predicted molar refractivity (Wildman–Crippen MR) is 59.6 cm³/mol. The molecule has 0 aliphatic carbocycles. The van der Waals surface area contributed by atoms with E-state index in [0.717, 1.165) is 0 Å². The first-order chi connectivity index (χ1) is 7.32. The summed E-state index contributed by atoms with van der Waals surface area (Å²) in [4.78, 5) is 26.1. The molecule has 0 spiro atoms. The molecule has 0 saturated carbocycles. The monoisotopic (exact) mass is 225 g/mol. The van der Waals surface area contributed by atoms with Crippen LogP contribution in [-0.4, -0.2) is 27.2 Å². The Morgan fingerprint density at radius 2 is 2.19 bits per heavy atom. The Morgan fingerprint density at radius 3 is 2.69 bits per heavy atom. The molecule has 1 rings (SSSR count). The van der Waals surface area contributed by atoms with Crippen LogP contribution in [-0.2, 0) is 10.3 Å². The van der Waals surface area contributed by atoms with Gasteiger partial charge in [0.05, 0.1) is 0 Å². The normalized spacial score (nSPS) is 11.2. The maximum absolute atomic E-state index is 11.9. The summed E-state index contributed by atoms with van der Waals surface area (Å²) in [6.07, 6.45) is 3.05. The van der Waals surface area contributed by atoms with Crippen LogP contribution in [0.5, 0.6) is 0 Å². The minimum atomic E-state index is -1.03. The van der Waals surface area contributed by atoms with Gasteiger partial charge < -0.3 is 15.0 Å². The predicted octanol–water partition coefficient (Wildman–Crippen LogP) is 0.495. The van der Waals surface area contributed by atoms with Gasteiger partial charge in [0.15, 0.2) is 5.82 Å². The molecule has 2 N–H and O–H groups in total. The summed E-state index contributed by atoms with van der Waals surface area (Å²) in [5.74, 6) is -0.979. The van der Waals surface area contributed by atoms with Crippen LogP contribution in [0.4, 0.5) is 5.82 Å². The number of aliphatic carboxylic acids is 1. The molecule has 1 heterocycles. The van der Waals surface area contributed by atoms with Crippen LogP contribution in [0.3, 0.4) is 0 Å². The van der Waals surface area contributed by atoms with Crippen LogP contribution in [0, 0.1) is 0 Å². The van der Waals surface area contributed by atoms with Gasteiger partial charge in [0.25, 0.3) is 5.56 Å². The standard InChI is InChI=1S/C10H15N3O3/c1-10(2,3)13-5-4-11-8(9(13)16)12-6-7(14)15/h4-5H,6H2,1-3H3,(H,11,12)(H,14,15). The first-order valence-corrected chi connectivity index (χ1v) is 4.86. The van der Waals surface area contributed by atoms with Gasteiger partial charge in [0.2, 0.25) is 0 Å². The van der Waals surface area contributed by atoms with E-state index in [-0.39, 0.29) is 23.5 Å². The van der Waals surface area contributed by atoms with Crippen molar-refractivity contribution in [1.29, 1.82) is 0 Å². The molecule has 0 unspecified atom stereocenters. The second-order valence-corrected chi connectivity index (χ2v) is 4.37. The number of nitrogens with zero attached hydrogens (tertiary/aromatic N) is 2. The molecule has 0 aliphatic rings. The third-order valence-corrected chi connectivity index (χ3v) is 1.97. The molecule has 6 nitrogen and oxygen atoms in total. The van der Waals surface area contributed by atoms with Crippen molar-refractivity contribution in [3.63, 3.8) is 0 Å². The lowest BCUT2D eigenvalue weighted by molar-refractivity contribution is -0.134. The number of aromatic nitrogens is 2. The second-order valence-electron chi connectivity index (χ2n) is 4.37. The molecule has 0 bridgehead atoms. The largest absolute Gasteiger partial charge is 0.480 e. The van der Waals surface area contributed by atoms with Crippen molar-refractivity contribution in [2.45, 2.75) is 26.3 Å². The summed E-state index contributed by atoms with van der Waals surface area (Å²) >= 11 is 0. The first-order valence-electron chi connectivity index (χ1n) is 4.86. The van der Waals surface area contributed by atoms with E-state index in [9.17, 15) is 9.59 Å². The first kappa shape index (κ1) is 12.2. The topological polar surface area (TPSA) is 84.2 Å². The van der Waals surface area contributed by atoms with Crippen molar-refractivity contribution in [3.8, 4) is 0 Å². The Kier molecular flexibility index (Phi) is 3.31. The Morgan fingerprint density at radius 1 is 1.56 bits per heavy atom. The second kappa shape index (κ2) is 4.34. The maximum atomic E-state index is 11.9. The Labute approximate surface area is 92.9 Å². The number of nitrogens with one attached hydrogen (secondary N) is 1. The number of rotatable bonds is 3.